The van der Waals surface area contributed by atoms with E-state index in [4.69, 9.17) is 5.11 Å². The van der Waals surface area contributed by atoms with Gasteiger partial charge < -0.3 is 10.4 Å². The number of hydrogen-bond acceptors (Lipinski definition) is 4. The van der Waals surface area contributed by atoms with Crippen LogP contribution in [-0.2, 0) is 17.8 Å². The molecule has 7 heteroatoms. The number of carboxylic acid groups (broad SMARTS) is 1. The van der Waals surface area contributed by atoms with Crippen molar-refractivity contribution in [2.45, 2.75) is 33.7 Å². The van der Waals surface area contributed by atoms with E-state index in [0.717, 1.165) is 16.8 Å². The molecule has 116 valence electrons. The van der Waals surface area contributed by atoms with Crippen LogP contribution in [0.1, 0.15) is 34.2 Å². The Morgan fingerprint density at radius 3 is 2.68 bits per heavy atom. The number of carboxylic acids is 1. The third-order valence-corrected chi connectivity index (χ3v) is 3.34. The van der Waals surface area contributed by atoms with Crippen LogP contribution in [-0.4, -0.2) is 32.0 Å². The molecule has 7 nitrogen and oxygen atoms in total. The van der Waals surface area contributed by atoms with Crippen LogP contribution in [0.15, 0.2) is 18.2 Å². The number of anilines is 1. The number of aromatic nitrogens is 3. The number of aryl methyl sites for hydroxylation is 2. The Bertz CT molecular complexity index is 722. The molecule has 0 aliphatic heterocycles. The summed E-state index contributed by atoms with van der Waals surface area (Å²) in [4.78, 5) is 23.2. The van der Waals surface area contributed by atoms with Gasteiger partial charge in [-0.15, -0.1) is 5.10 Å². The van der Waals surface area contributed by atoms with Crippen LogP contribution in [0, 0.1) is 13.8 Å². The average molecular weight is 302 g/mol. The van der Waals surface area contributed by atoms with Crippen molar-refractivity contribution >= 4 is 17.6 Å². The van der Waals surface area contributed by atoms with Gasteiger partial charge in [0.25, 0.3) is 0 Å². The minimum atomic E-state index is -1.14. The fraction of sp³-hybridized carbons (Fsp3) is 0.333. The lowest BCUT2D eigenvalue weighted by Crippen LogP contribution is -2.21. The van der Waals surface area contributed by atoms with E-state index in [9.17, 15) is 9.59 Å². The zero-order chi connectivity index (χ0) is 16.3. The first-order valence-electron chi connectivity index (χ1n) is 6.95. The Morgan fingerprint density at radius 2 is 2.05 bits per heavy atom. The molecule has 0 saturated heterocycles. The summed E-state index contributed by atoms with van der Waals surface area (Å²) >= 11 is 0. The monoisotopic (exact) mass is 302 g/mol. The van der Waals surface area contributed by atoms with Crippen LogP contribution >= 0.6 is 0 Å². The van der Waals surface area contributed by atoms with Crippen molar-refractivity contribution in [2.75, 3.05) is 5.32 Å². The van der Waals surface area contributed by atoms with Crippen molar-refractivity contribution in [3.8, 4) is 0 Å². The second kappa shape index (κ2) is 6.38. The lowest BCUT2D eigenvalue weighted by molar-refractivity contribution is -0.117. The molecule has 0 aliphatic rings. The Balaban J connectivity index is 2.16. The highest BCUT2D eigenvalue weighted by molar-refractivity contribution is 5.91. The normalized spacial score (nSPS) is 10.5. The summed E-state index contributed by atoms with van der Waals surface area (Å²) in [7, 11) is 0. The highest BCUT2D eigenvalue weighted by atomic mass is 16.4. The third-order valence-electron chi connectivity index (χ3n) is 3.34. The van der Waals surface area contributed by atoms with E-state index in [1.165, 1.54) is 4.68 Å². The van der Waals surface area contributed by atoms with Gasteiger partial charge in [-0.25, -0.2) is 9.48 Å². The van der Waals surface area contributed by atoms with Gasteiger partial charge in [0.05, 0.1) is 5.69 Å². The fourth-order valence-corrected chi connectivity index (χ4v) is 2.17. The zero-order valence-electron chi connectivity index (χ0n) is 12.8. The fourth-order valence-electron chi connectivity index (χ4n) is 2.17. The highest BCUT2D eigenvalue weighted by Crippen LogP contribution is 2.16. The Morgan fingerprint density at radius 1 is 1.32 bits per heavy atom. The van der Waals surface area contributed by atoms with Gasteiger partial charge in [-0.05, 0) is 37.5 Å². The molecule has 1 heterocycles. The maximum atomic E-state index is 12.1. The van der Waals surface area contributed by atoms with Crippen LogP contribution < -0.4 is 5.32 Å². The molecule has 2 aromatic rings. The highest BCUT2D eigenvalue weighted by Gasteiger charge is 2.19. The standard InChI is InChI=1S/C15H18N4O3/c1-4-12-14(15(21)22)17-18-19(12)8-13(20)16-11-7-9(2)5-6-10(11)3/h5-7H,4,8H2,1-3H3,(H,16,20)(H,21,22). The number of nitrogens with zero attached hydrogens (tertiary/aromatic N) is 3. The molecule has 22 heavy (non-hydrogen) atoms. The molecular weight excluding hydrogens is 284 g/mol. The number of amides is 1. The molecule has 0 spiro atoms. The third kappa shape index (κ3) is 3.30. The number of rotatable bonds is 5. The quantitative estimate of drug-likeness (QED) is 0.877. The average Bonchev–Trinajstić information content (AvgIpc) is 2.85. The molecule has 2 N–H and O–H groups in total. The van der Waals surface area contributed by atoms with E-state index < -0.39 is 5.97 Å². The van der Waals surface area contributed by atoms with Gasteiger partial charge >= 0.3 is 5.97 Å². The Kier molecular flexibility index (Phi) is 4.55. The van der Waals surface area contributed by atoms with Crippen LogP contribution in [0.4, 0.5) is 5.69 Å². The van der Waals surface area contributed by atoms with Crippen LogP contribution in [0.3, 0.4) is 0 Å². The minimum Gasteiger partial charge on any atom is -0.476 e. The molecule has 0 unspecified atom stereocenters. The van der Waals surface area contributed by atoms with Gasteiger partial charge in [0.15, 0.2) is 5.69 Å². The number of carbonyl (C=O) groups is 2. The topological polar surface area (TPSA) is 97.1 Å². The van der Waals surface area contributed by atoms with E-state index in [1.807, 2.05) is 32.0 Å². The molecule has 1 aromatic carbocycles. The summed E-state index contributed by atoms with van der Waals surface area (Å²) in [6.07, 6.45) is 0.436. The second-order valence-electron chi connectivity index (χ2n) is 5.07. The van der Waals surface area contributed by atoms with Crippen molar-refractivity contribution in [1.82, 2.24) is 15.0 Å². The van der Waals surface area contributed by atoms with E-state index in [-0.39, 0.29) is 18.1 Å². The van der Waals surface area contributed by atoms with Crippen LogP contribution in [0.5, 0.6) is 0 Å². The van der Waals surface area contributed by atoms with E-state index >= 15 is 0 Å². The van der Waals surface area contributed by atoms with Crippen molar-refractivity contribution < 1.29 is 14.7 Å². The van der Waals surface area contributed by atoms with Crippen molar-refractivity contribution in [2.24, 2.45) is 0 Å². The number of benzene rings is 1. The Hall–Kier alpha value is -2.70. The summed E-state index contributed by atoms with van der Waals surface area (Å²) in [5.74, 6) is -1.41. The molecular formula is C15H18N4O3. The number of carbonyl (C=O) groups excluding carboxylic acids is 1. The van der Waals surface area contributed by atoms with E-state index in [1.54, 1.807) is 6.92 Å². The maximum absolute atomic E-state index is 12.1. The molecule has 1 aromatic heterocycles. The van der Waals surface area contributed by atoms with E-state index in [0.29, 0.717) is 12.1 Å². The molecule has 0 atom stereocenters. The first-order chi connectivity index (χ1) is 10.4. The summed E-state index contributed by atoms with van der Waals surface area (Å²) in [5.41, 5.74) is 3.07. The first-order valence-corrected chi connectivity index (χ1v) is 6.95. The van der Waals surface area contributed by atoms with Gasteiger partial charge in [-0.2, -0.15) is 0 Å². The smallest absolute Gasteiger partial charge is 0.358 e. The maximum Gasteiger partial charge on any atom is 0.358 e. The van der Waals surface area contributed by atoms with Crippen molar-refractivity contribution in [3.05, 3.63) is 40.7 Å². The van der Waals surface area contributed by atoms with Crippen LogP contribution in [0.25, 0.3) is 0 Å². The lowest BCUT2D eigenvalue weighted by Gasteiger charge is -2.10. The SMILES string of the molecule is CCc1c(C(=O)O)nnn1CC(=O)Nc1cc(C)ccc1C. The Labute approximate surface area is 128 Å². The molecule has 0 fully saturated rings. The first kappa shape index (κ1) is 15.7. The largest absolute Gasteiger partial charge is 0.476 e. The molecule has 0 bridgehead atoms. The summed E-state index contributed by atoms with van der Waals surface area (Å²) in [6, 6.07) is 5.79. The van der Waals surface area contributed by atoms with Gasteiger partial charge in [0.1, 0.15) is 6.54 Å². The lowest BCUT2D eigenvalue weighted by atomic mass is 10.1. The van der Waals surface area contributed by atoms with Gasteiger partial charge in [0.2, 0.25) is 5.91 Å². The number of nitrogens with one attached hydrogen (secondary N) is 1. The molecule has 0 aliphatic carbocycles. The van der Waals surface area contributed by atoms with Crippen molar-refractivity contribution in [1.29, 1.82) is 0 Å². The second-order valence-corrected chi connectivity index (χ2v) is 5.07. The van der Waals surface area contributed by atoms with Crippen molar-refractivity contribution in [3.63, 3.8) is 0 Å². The predicted molar refractivity (Wildman–Crippen MR) is 80.9 cm³/mol. The number of aromatic carboxylic acids is 1. The molecule has 2 rings (SSSR count). The molecule has 0 saturated carbocycles. The summed E-state index contributed by atoms with van der Waals surface area (Å²) in [5, 5.41) is 19.2. The van der Waals surface area contributed by atoms with E-state index in [2.05, 4.69) is 15.6 Å². The van der Waals surface area contributed by atoms with Gasteiger partial charge in [-0.3, -0.25) is 4.79 Å². The minimum absolute atomic E-state index is 0.0726. The number of hydrogen-bond donors (Lipinski definition) is 2. The summed E-state index contributed by atoms with van der Waals surface area (Å²) < 4.78 is 1.32. The van der Waals surface area contributed by atoms with Gasteiger partial charge in [-0.1, -0.05) is 24.3 Å². The molecule has 1 amide bonds. The summed E-state index contributed by atoms with van der Waals surface area (Å²) in [6.45, 7) is 5.58. The van der Waals surface area contributed by atoms with Gasteiger partial charge in [0, 0.05) is 5.69 Å². The predicted octanol–water partition coefficient (Wildman–Crippen LogP) is 1.79. The zero-order valence-corrected chi connectivity index (χ0v) is 12.8. The molecule has 0 radical (unpaired) electrons. The van der Waals surface area contributed by atoms with Crippen LogP contribution in [0.2, 0.25) is 0 Å².